The van der Waals surface area contributed by atoms with E-state index < -0.39 is 0 Å². The van der Waals surface area contributed by atoms with Crippen LogP contribution in [-0.2, 0) is 18.4 Å². The minimum atomic E-state index is -0.323. The zero-order chi connectivity index (χ0) is 14.5. The molecule has 2 aromatic rings. The molecule has 8 heteroatoms. The van der Waals surface area contributed by atoms with E-state index in [1.807, 2.05) is 44.3 Å². The summed E-state index contributed by atoms with van der Waals surface area (Å²) in [6.45, 7) is 2.17. The van der Waals surface area contributed by atoms with Crippen LogP contribution in [0.5, 0.6) is 0 Å². The zero-order valence-corrected chi connectivity index (χ0v) is 14.1. The first-order valence-electron chi connectivity index (χ1n) is 6.50. The Hall–Kier alpha value is -1.63. The van der Waals surface area contributed by atoms with E-state index >= 15 is 0 Å². The van der Waals surface area contributed by atoms with Gasteiger partial charge in [0, 0.05) is 13.1 Å². The Labute approximate surface area is 142 Å². The summed E-state index contributed by atoms with van der Waals surface area (Å²) >= 11 is 0. The Kier molecular flexibility index (Phi) is 8.70. The van der Waals surface area contributed by atoms with Gasteiger partial charge in [-0.3, -0.25) is 4.79 Å². The van der Waals surface area contributed by atoms with Crippen molar-refractivity contribution in [3.05, 3.63) is 48.0 Å². The number of nitrogens with zero attached hydrogens (tertiary/aromatic N) is 3. The highest BCUT2D eigenvalue weighted by molar-refractivity contribution is 5.85. The highest BCUT2D eigenvalue weighted by Crippen LogP contribution is 2.19. The van der Waals surface area contributed by atoms with Gasteiger partial charge in [-0.25, -0.2) is 0 Å². The maximum absolute atomic E-state index is 12.1. The summed E-state index contributed by atoms with van der Waals surface area (Å²) < 4.78 is 1.77. The van der Waals surface area contributed by atoms with Gasteiger partial charge in [-0.15, -0.1) is 35.0 Å². The average molecular weight is 346 g/mol. The molecule has 0 aliphatic rings. The number of hydrogen-bond donors (Lipinski definition) is 2. The number of hydrogen-bond acceptors (Lipinski definition) is 4. The highest BCUT2D eigenvalue weighted by Gasteiger charge is 2.22. The molecule has 1 heterocycles. The Morgan fingerprint density at radius 3 is 2.50 bits per heavy atom. The molecule has 122 valence electrons. The third-order valence-corrected chi connectivity index (χ3v) is 3.36. The molecule has 6 nitrogen and oxygen atoms in total. The Bertz CT molecular complexity index is 576. The van der Waals surface area contributed by atoms with E-state index in [1.165, 1.54) is 0 Å². The lowest BCUT2D eigenvalue weighted by atomic mass is 9.95. The number of carbonyl (C=O) groups excluding carboxylic acids is 1. The summed E-state index contributed by atoms with van der Waals surface area (Å²) in [5.74, 6) is 0.300. The molecule has 2 unspecified atom stereocenters. The van der Waals surface area contributed by atoms with Gasteiger partial charge in [0.15, 0.2) is 5.82 Å². The van der Waals surface area contributed by atoms with E-state index in [1.54, 1.807) is 10.9 Å². The lowest BCUT2D eigenvalue weighted by Gasteiger charge is -2.19. The van der Waals surface area contributed by atoms with Gasteiger partial charge in [0.05, 0.1) is 12.5 Å². The lowest BCUT2D eigenvalue weighted by Crippen LogP contribution is -2.35. The summed E-state index contributed by atoms with van der Waals surface area (Å²) in [5, 5.41) is 10.5. The highest BCUT2D eigenvalue weighted by atomic mass is 35.5. The number of carbonyl (C=O) groups is 1. The number of rotatable bonds is 5. The van der Waals surface area contributed by atoms with Crippen LogP contribution in [-0.4, -0.2) is 20.7 Å². The van der Waals surface area contributed by atoms with E-state index in [0.29, 0.717) is 12.4 Å². The van der Waals surface area contributed by atoms with Crippen molar-refractivity contribution >= 4 is 30.7 Å². The first kappa shape index (κ1) is 20.4. The first-order chi connectivity index (χ1) is 9.59. The molecule has 2 atom stereocenters. The number of benzene rings is 1. The normalized spacial score (nSPS) is 12.5. The van der Waals surface area contributed by atoms with Gasteiger partial charge in [-0.1, -0.05) is 37.3 Å². The SMILES string of the molecule is CC(C(=O)NCc1nncn1C)C(N)c1ccccc1.Cl.Cl. The number of halogens is 2. The summed E-state index contributed by atoms with van der Waals surface area (Å²) in [6, 6.07) is 9.29. The Morgan fingerprint density at radius 1 is 1.32 bits per heavy atom. The standard InChI is InChI=1S/C14H19N5O.2ClH/c1-10(13(15)11-6-4-3-5-7-11)14(20)16-8-12-18-17-9-19(12)2;;/h3-7,9-10,13H,8,15H2,1-2H3,(H,16,20);2*1H. The summed E-state index contributed by atoms with van der Waals surface area (Å²) in [5.41, 5.74) is 7.08. The average Bonchev–Trinajstić information content (AvgIpc) is 2.89. The van der Waals surface area contributed by atoms with Crippen molar-refractivity contribution in [2.24, 2.45) is 18.7 Å². The van der Waals surface area contributed by atoms with E-state index in [2.05, 4.69) is 15.5 Å². The molecule has 22 heavy (non-hydrogen) atoms. The molecular formula is C14H21Cl2N5O. The molecule has 0 spiro atoms. The smallest absolute Gasteiger partial charge is 0.225 e. The van der Waals surface area contributed by atoms with Gasteiger partial charge < -0.3 is 15.6 Å². The van der Waals surface area contributed by atoms with Crippen molar-refractivity contribution in [2.45, 2.75) is 19.5 Å². The fourth-order valence-electron chi connectivity index (χ4n) is 1.92. The number of aryl methyl sites for hydroxylation is 1. The van der Waals surface area contributed by atoms with Crippen LogP contribution in [0, 0.1) is 5.92 Å². The molecule has 0 fully saturated rings. The van der Waals surface area contributed by atoms with Crippen molar-refractivity contribution in [2.75, 3.05) is 0 Å². The second-order valence-electron chi connectivity index (χ2n) is 4.80. The fraction of sp³-hybridized carbons (Fsp3) is 0.357. The lowest BCUT2D eigenvalue weighted by molar-refractivity contribution is -0.125. The summed E-state index contributed by atoms with van der Waals surface area (Å²) in [7, 11) is 1.83. The number of nitrogens with two attached hydrogens (primary N) is 1. The third kappa shape index (κ3) is 4.98. The Morgan fingerprint density at radius 2 is 1.95 bits per heavy atom. The van der Waals surface area contributed by atoms with Crippen LogP contribution in [0.3, 0.4) is 0 Å². The van der Waals surface area contributed by atoms with Crippen molar-refractivity contribution in [1.29, 1.82) is 0 Å². The van der Waals surface area contributed by atoms with Gasteiger partial charge in [-0.05, 0) is 5.56 Å². The largest absolute Gasteiger partial charge is 0.349 e. The topological polar surface area (TPSA) is 85.8 Å². The molecule has 2 rings (SSSR count). The number of aromatic nitrogens is 3. The molecule has 1 amide bonds. The molecule has 0 saturated heterocycles. The molecule has 0 bridgehead atoms. The maximum Gasteiger partial charge on any atom is 0.225 e. The maximum atomic E-state index is 12.1. The first-order valence-corrected chi connectivity index (χ1v) is 6.50. The monoisotopic (exact) mass is 345 g/mol. The predicted octanol–water partition coefficient (Wildman–Crippen LogP) is 1.61. The quantitative estimate of drug-likeness (QED) is 0.861. The van der Waals surface area contributed by atoms with Crippen LogP contribution in [0.25, 0.3) is 0 Å². The second kappa shape index (κ2) is 9.40. The van der Waals surface area contributed by atoms with Gasteiger partial charge in [-0.2, -0.15) is 0 Å². The van der Waals surface area contributed by atoms with Crippen LogP contribution in [0.2, 0.25) is 0 Å². The fourth-order valence-corrected chi connectivity index (χ4v) is 1.92. The molecular weight excluding hydrogens is 325 g/mol. The van der Waals surface area contributed by atoms with Crippen LogP contribution < -0.4 is 11.1 Å². The molecule has 3 N–H and O–H groups in total. The van der Waals surface area contributed by atoms with Crippen molar-refractivity contribution in [3.63, 3.8) is 0 Å². The van der Waals surface area contributed by atoms with Crippen LogP contribution in [0.1, 0.15) is 24.4 Å². The van der Waals surface area contributed by atoms with Gasteiger partial charge in [0.1, 0.15) is 6.33 Å². The molecule has 1 aromatic heterocycles. The third-order valence-electron chi connectivity index (χ3n) is 3.36. The van der Waals surface area contributed by atoms with Gasteiger partial charge in [0.25, 0.3) is 0 Å². The predicted molar refractivity (Wildman–Crippen MR) is 89.9 cm³/mol. The van der Waals surface area contributed by atoms with Crippen LogP contribution >= 0.6 is 24.8 Å². The van der Waals surface area contributed by atoms with Gasteiger partial charge in [0.2, 0.25) is 5.91 Å². The summed E-state index contributed by atoms with van der Waals surface area (Å²) in [4.78, 5) is 12.1. The number of nitrogens with one attached hydrogen (secondary N) is 1. The van der Waals surface area contributed by atoms with E-state index in [9.17, 15) is 4.79 Å². The van der Waals surface area contributed by atoms with Crippen LogP contribution in [0.4, 0.5) is 0 Å². The van der Waals surface area contributed by atoms with Crippen molar-refractivity contribution in [3.8, 4) is 0 Å². The minimum Gasteiger partial charge on any atom is -0.349 e. The van der Waals surface area contributed by atoms with Gasteiger partial charge >= 0.3 is 0 Å². The minimum absolute atomic E-state index is 0. The van der Waals surface area contributed by atoms with Crippen molar-refractivity contribution in [1.82, 2.24) is 20.1 Å². The second-order valence-corrected chi connectivity index (χ2v) is 4.80. The zero-order valence-electron chi connectivity index (χ0n) is 12.5. The van der Waals surface area contributed by atoms with E-state index in [4.69, 9.17) is 5.73 Å². The summed E-state index contributed by atoms with van der Waals surface area (Å²) in [6.07, 6.45) is 1.60. The molecule has 0 saturated carbocycles. The molecule has 0 aliphatic heterocycles. The molecule has 0 aliphatic carbocycles. The van der Waals surface area contributed by atoms with Crippen LogP contribution in [0.15, 0.2) is 36.7 Å². The van der Waals surface area contributed by atoms with E-state index in [-0.39, 0.29) is 42.7 Å². The van der Waals surface area contributed by atoms with E-state index in [0.717, 1.165) is 5.56 Å². The number of amides is 1. The molecule has 0 radical (unpaired) electrons. The Balaban J connectivity index is 0.00000220. The van der Waals surface area contributed by atoms with Crippen molar-refractivity contribution < 1.29 is 4.79 Å². The molecule has 1 aromatic carbocycles.